The molecule has 0 aliphatic heterocycles. The van der Waals surface area contributed by atoms with Crippen LogP contribution in [0.3, 0.4) is 0 Å². The lowest BCUT2D eigenvalue weighted by atomic mass is 10.1. The first-order valence-corrected chi connectivity index (χ1v) is 6.37. The monoisotopic (exact) mass is 237 g/mol. The van der Waals surface area contributed by atoms with Gasteiger partial charge in [0.1, 0.15) is 12.4 Å². The molecule has 0 amide bonds. The molecule has 0 aliphatic carbocycles. The zero-order valence-corrected chi connectivity index (χ0v) is 10.9. The van der Waals surface area contributed by atoms with E-state index in [1.165, 1.54) is 5.56 Å². The highest BCUT2D eigenvalue weighted by Gasteiger charge is 1.96. The second-order valence-corrected chi connectivity index (χ2v) is 3.79. The molecule has 3 nitrogen and oxygen atoms in total. The van der Waals surface area contributed by atoms with Crippen LogP contribution in [-0.4, -0.2) is 32.9 Å². The molecule has 1 N–H and O–H groups in total. The third-order valence-corrected chi connectivity index (χ3v) is 2.46. The second-order valence-electron chi connectivity index (χ2n) is 3.79. The van der Waals surface area contributed by atoms with Gasteiger partial charge in [-0.1, -0.05) is 19.1 Å². The van der Waals surface area contributed by atoms with E-state index in [1.807, 2.05) is 19.1 Å². The zero-order valence-electron chi connectivity index (χ0n) is 10.9. The average molecular weight is 237 g/mol. The molecule has 3 heteroatoms. The van der Waals surface area contributed by atoms with Crippen LogP contribution in [0.4, 0.5) is 0 Å². The summed E-state index contributed by atoms with van der Waals surface area (Å²) in [4.78, 5) is 0. The van der Waals surface area contributed by atoms with Crippen molar-refractivity contribution < 1.29 is 9.47 Å². The average Bonchev–Trinajstić information content (AvgIpc) is 2.37. The SMILES string of the molecule is CCNCCOc1ccc(CCOCC)cc1. The van der Waals surface area contributed by atoms with Crippen molar-refractivity contribution >= 4 is 0 Å². The van der Waals surface area contributed by atoms with Crippen molar-refractivity contribution in [1.82, 2.24) is 5.32 Å². The molecule has 0 atom stereocenters. The predicted molar refractivity (Wildman–Crippen MR) is 70.7 cm³/mol. The number of benzene rings is 1. The van der Waals surface area contributed by atoms with Gasteiger partial charge in [0, 0.05) is 13.2 Å². The summed E-state index contributed by atoms with van der Waals surface area (Å²) in [6.07, 6.45) is 0.964. The maximum Gasteiger partial charge on any atom is 0.119 e. The molecular weight excluding hydrogens is 214 g/mol. The highest BCUT2D eigenvalue weighted by molar-refractivity contribution is 5.27. The van der Waals surface area contributed by atoms with Crippen LogP contribution in [0, 0.1) is 0 Å². The van der Waals surface area contributed by atoms with E-state index in [1.54, 1.807) is 0 Å². The molecule has 0 unspecified atom stereocenters. The van der Waals surface area contributed by atoms with Crippen molar-refractivity contribution in [2.75, 3.05) is 32.9 Å². The van der Waals surface area contributed by atoms with Gasteiger partial charge in [0.2, 0.25) is 0 Å². The van der Waals surface area contributed by atoms with E-state index in [0.29, 0.717) is 6.61 Å². The van der Waals surface area contributed by atoms with Crippen molar-refractivity contribution in [2.45, 2.75) is 20.3 Å². The van der Waals surface area contributed by atoms with Gasteiger partial charge in [-0.2, -0.15) is 0 Å². The lowest BCUT2D eigenvalue weighted by Crippen LogP contribution is -2.20. The van der Waals surface area contributed by atoms with E-state index in [4.69, 9.17) is 9.47 Å². The Morgan fingerprint density at radius 1 is 1.06 bits per heavy atom. The summed E-state index contributed by atoms with van der Waals surface area (Å²) in [5.41, 5.74) is 1.29. The first kappa shape index (κ1) is 14.0. The van der Waals surface area contributed by atoms with Crippen LogP contribution in [0.1, 0.15) is 19.4 Å². The number of nitrogens with one attached hydrogen (secondary N) is 1. The molecule has 96 valence electrons. The minimum atomic E-state index is 0.714. The molecule has 0 heterocycles. The summed E-state index contributed by atoms with van der Waals surface area (Å²) < 4.78 is 10.9. The van der Waals surface area contributed by atoms with E-state index >= 15 is 0 Å². The first-order valence-electron chi connectivity index (χ1n) is 6.37. The van der Waals surface area contributed by atoms with Gasteiger partial charge in [0.15, 0.2) is 0 Å². The molecule has 0 fully saturated rings. The summed E-state index contributed by atoms with van der Waals surface area (Å²) in [5.74, 6) is 0.933. The molecule has 0 saturated heterocycles. The van der Waals surface area contributed by atoms with Gasteiger partial charge in [-0.05, 0) is 37.6 Å². The third-order valence-electron chi connectivity index (χ3n) is 2.46. The Labute approximate surface area is 104 Å². The lowest BCUT2D eigenvalue weighted by Gasteiger charge is -2.07. The summed E-state index contributed by atoms with van der Waals surface area (Å²) >= 11 is 0. The van der Waals surface area contributed by atoms with E-state index in [9.17, 15) is 0 Å². The van der Waals surface area contributed by atoms with Crippen LogP contribution >= 0.6 is 0 Å². The lowest BCUT2D eigenvalue weighted by molar-refractivity contribution is 0.151. The van der Waals surface area contributed by atoms with Gasteiger partial charge in [-0.25, -0.2) is 0 Å². The van der Waals surface area contributed by atoms with Gasteiger partial charge in [-0.3, -0.25) is 0 Å². The highest BCUT2D eigenvalue weighted by atomic mass is 16.5. The minimum absolute atomic E-state index is 0.714. The molecule has 1 rings (SSSR count). The Morgan fingerprint density at radius 3 is 2.47 bits per heavy atom. The fourth-order valence-electron chi connectivity index (χ4n) is 1.50. The van der Waals surface area contributed by atoms with Crippen LogP contribution in [0.2, 0.25) is 0 Å². The highest BCUT2D eigenvalue weighted by Crippen LogP contribution is 2.12. The fraction of sp³-hybridized carbons (Fsp3) is 0.571. The number of likely N-dealkylation sites (N-methyl/N-ethyl adjacent to an activating group) is 1. The number of ether oxygens (including phenoxy) is 2. The Hall–Kier alpha value is -1.06. The smallest absolute Gasteiger partial charge is 0.119 e. The van der Waals surface area contributed by atoms with E-state index in [0.717, 1.165) is 38.5 Å². The minimum Gasteiger partial charge on any atom is -0.492 e. The second kappa shape index (κ2) is 9.02. The molecular formula is C14H23NO2. The molecule has 0 saturated carbocycles. The summed E-state index contributed by atoms with van der Waals surface area (Å²) in [5, 5.41) is 3.22. The van der Waals surface area contributed by atoms with Crippen molar-refractivity contribution in [3.05, 3.63) is 29.8 Å². The predicted octanol–water partition coefficient (Wildman–Crippen LogP) is 2.25. The molecule has 1 aromatic rings. The van der Waals surface area contributed by atoms with Crippen molar-refractivity contribution in [2.24, 2.45) is 0 Å². The van der Waals surface area contributed by atoms with Gasteiger partial charge in [0.05, 0.1) is 6.61 Å². The maximum atomic E-state index is 5.59. The number of hydrogen-bond acceptors (Lipinski definition) is 3. The van der Waals surface area contributed by atoms with Gasteiger partial charge < -0.3 is 14.8 Å². The quantitative estimate of drug-likeness (QED) is 0.668. The molecule has 0 bridgehead atoms. The Kier molecular flexibility index (Phi) is 7.43. The summed E-state index contributed by atoms with van der Waals surface area (Å²) in [6, 6.07) is 8.24. The summed E-state index contributed by atoms with van der Waals surface area (Å²) in [6.45, 7) is 8.27. The molecule has 0 radical (unpaired) electrons. The number of hydrogen-bond donors (Lipinski definition) is 1. The Bertz CT molecular complexity index is 285. The topological polar surface area (TPSA) is 30.5 Å². The first-order chi connectivity index (χ1) is 8.36. The molecule has 0 spiro atoms. The van der Waals surface area contributed by atoms with Gasteiger partial charge in [0.25, 0.3) is 0 Å². The van der Waals surface area contributed by atoms with Crippen LogP contribution < -0.4 is 10.1 Å². The number of rotatable bonds is 9. The van der Waals surface area contributed by atoms with Gasteiger partial charge in [-0.15, -0.1) is 0 Å². The van der Waals surface area contributed by atoms with Crippen LogP contribution in [0.5, 0.6) is 5.75 Å². The zero-order chi connectivity index (χ0) is 12.3. The fourth-order valence-corrected chi connectivity index (χ4v) is 1.50. The van der Waals surface area contributed by atoms with E-state index in [2.05, 4.69) is 24.4 Å². The largest absolute Gasteiger partial charge is 0.492 e. The van der Waals surface area contributed by atoms with Crippen LogP contribution in [-0.2, 0) is 11.2 Å². The standard InChI is InChI=1S/C14H23NO2/c1-3-15-10-12-17-14-7-5-13(6-8-14)9-11-16-4-2/h5-8,15H,3-4,9-12H2,1-2H3. The Balaban J connectivity index is 2.24. The molecule has 0 aromatic heterocycles. The summed E-state index contributed by atoms with van der Waals surface area (Å²) in [7, 11) is 0. The van der Waals surface area contributed by atoms with Crippen LogP contribution in [0.25, 0.3) is 0 Å². The van der Waals surface area contributed by atoms with E-state index < -0.39 is 0 Å². The maximum absolute atomic E-state index is 5.59. The van der Waals surface area contributed by atoms with Crippen molar-refractivity contribution in [3.63, 3.8) is 0 Å². The van der Waals surface area contributed by atoms with Crippen molar-refractivity contribution in [1.29, 1.82) is 0 Å². The van der Waals surface area contributed by atoms with Crippen LogP contribution in [0.15, 0.2) is 24.3 Å². The molecule has 17 heavy (non-hydrogen) atoms. The van der Waals surface area contributed by atoms with Crippen molar-refractivity contribution in [3.8, 4) is 5.75 Å². The molecule has 1 aromatic carbocycles. The Morgan fingerprint density at radius 2 is 1.82 bits per heavy atom. The van der Waals surface area contributed by atoms with Gasteiger partial charge >= 0.3 is 0 Å². The van der Waals surface area contributed by atoms with E-state index in [-0.39, 0.29) is 0 Å². The third kappa shape index (κ3) is 6.29. The molecule has 0 aliphatic rings. The normalized spacial score (nSPS) is 10.5.